The zero-order valence-corrected chi connectivity index (χ0v) is 9.57. The molecule has 0 bridgehead atoms. The predicted octanol–water partition coefficient (Wildman–Crippen LogP) is 2.17. The lowest BCUT2D eigenvalue weighted by Gasteiger charge is -2.20. The Morgan fingerprint density at radius 2 is 2.13 bits per heavy atom. The van der Waals surface area contributed by atoms with Crippen LogP contribution in [0.4, 0.5) is 0 Å². The molecule has 0 aliphatic rings. The van der Waals surface area contributed by atoms with E-state index in [0.29, 0.717) is 24.5 Å². The summed E-state index contributed by atoms with van der Waals surface area (Å²) in [7, 11) is 0. The predicted molar refractivity (Wildman–Crippen MR) is 61.2 cm³/mol. The maximum atomic E-state index is 11.9. The second kappa shape index (κ2) is 6.40. The molecule has 82 valence electrons. The van der Waals surface area contributed by atoms with Crippen LogP contribution in [0.3, 0.4) is 0 Å². The van der Waals surface area contributed by atoms with Crippen molar-refractivity contribution in [3.8, 4) is 0 Å². The van der Waals surface area contributed by atoms with E-state index in [4.69, 9.17) is 11.6 Å². The van der Waals surface area contributed by atoms with Gasteiger partial charge in [0.05, 0.1) is 0 Å². The van der Waals surface area contributed by atoms with Crippen LogP contribution >= 0.6 is 11.6 Å². The Hall–Kier alpha value is -1.09. The third-order valence-electron chi connectivity index (χ3n) is 2.16. The van der Waals surface area contributed by atoms with E-state index < -0.39 is 0 Å². The number of amides is 1. The van der Waals surface area contributed by atoms with Crippen LogP contribution in [0.15, 0.2) is 24.5 Å². The highest BCUT2D eigenvalue weighted by Crippen LogP contribution is 2.04. The van der Waals surface area contributed by atoms with Crippen molar-refractivity contribution in [2.75, 3.05) is 19.0 Å². The molecule has 0 fully saturated rings. The molecule has 1 aromatic heterocycles. The maximum absolute atomic E-state index is 11.9. The fraction of sp³-hybridized carbons (Fsp3) is 0.455. The Morgan fingerprint density at radius 1 is 1.47 bits per heavy atom. The summed E-state index contributed by atoms with van der Waals surface area (Å²) in [6.45, 7) is 3.38. The number of aromatic nitrogens is 1. The minimum Gasteiger partial charge on any atom is -0.339 e. The summed E-state index contributed by atoms with van der Waals surface area (Å²) in [6.07, 6.45) is 4.08. The molecule has 4 heteroatoms. The molecule has 1 heterocycles. The van der Waals surface area contributed by atoms with E-state index in [0.717, 1.165) is 6.42 Å². The molecule has 1 amide bonds. The number of halogens is 1. The van der Waals surface area contributed by atoms with Gasteiger partial charge in [0.1, 0.15) is 0 Å². The fourth-order valence-corrected chi connectivity index (χ4v) is 1.45. The van der Waals surface area contributed by atoms with Crippen LogP contribution in [0.2, 0.25) is 0 Å². The summed E-state index contributed by atoms with van der Waals surface area (Å²) in [5.41, 5.74) is 0.682. The summed E-state index contributed by atoms with van der Waals surface area (Å²) in [5, 5.41) is 0. The van der Waals surface area contributed by atoms with Crippen LogP contribution in [0.1, 0.15) is 23.7 Å². The van der Waals surface area contributed by atoms with E-state index in [1.807, 2.05) is 6.92 Å². The highest BCUT2D eigenvalue weighted by Gasteiger charge is 2.12. The molecule has 0 N–H and O–H groups in total. The van der Waals surface area contributed by atoms with Gasteiger partial charge in [-0.1, -0.05) is 0 Å². The fourth-order valence-electron chi connectivity index (χ4n) is 1.33. The lowest BCUT2D eigenvalue weighted by Crippen LogP contribution is -2.31. The van der Waals surface area contributed by atoms with Crippen LogP contribution in [-0.4, -0.2) is 34.8 Å². The van der Waals surface area contributed by atoms with Gasteiger partial charge >= 0.3 is 0 Å². The van der Waals surface area contributed by atoms with Gasteiger partial charge in [-0.2, -0.15) is 0 Å². The van der Waals surface area contributed by atoms with E-state index in [1.54, 1.807) is 29.4 Å². The van der Waals surface area contributed by atoms with E-state index >= 15 is 0 Å². The van der Waals surface area contributed by atoms with E-state index in [9.17, 15) is 4.79 Å². The van der Waals surface area contributed by atoms with Crippen molar-refractivity contribution >= 4 is 17.5 Å². The summed E-state index contributed by atoms with van der Waals surface area (Å²) < 4.78 is 0. The Bertz CT molecular complexity index is 303. The van der Waals surface area contributed by atoms with Crippen LogP contribution in [-0.2, 0) is 0 Å². The first kappa shape index (κ1) is 12.0. The van der Waals surface area contributed by atoms with Gasteiger partial charge in [-0.15, -0.1) is 11.6 Å². The monoisotopic (exact) mass is 226 g/mol. The van der Waals surface area contributed by atoms with Gasteiger partial charge in [-0.3, -0.25) is 9.78 Å². The second-order valence-corrected chi connectivity index (χ2v) is 3.54. The third kappa shape index (κ3) is 3.51. The Balaban J connectivity index is 2.65. The largest absolute Gasteiger partial charge is 0.339 e. The van der Waals surface area contributed by atoms with Gasteiger partial charge in [0, 0.05) is 36.9 Å². The average Bonchev–Trinajstić information content (AvgIpc) is 2.31. The highest BCUT2D eigenvalue weighted by atomic mass is 35.5. The Morgan fingerprint density at radius 3 is 2.67 bits per heavy atom. The summed E-state index contributed by atoms with van der Waals surface area (Å²) in [5.74, 6) is 0.630. The minimum atomic E-state index is 0.0463. The average molecular weight is 227 g/mol. The summed E-state index contributed by atoms with van der Waals surface area (Å²) in [4.78, 5) is 17.6. The molecule has 1 aromatic rings. The van der Waals surface area contributed by atoms with Crippen molar-refractivity contribution in [3.05, 3.63) is 30.1 Å². The molecular weight excluding hydrogens is 212 g/mol. The first-order chi connectivity index (χ1) is 7.29. The molecule has 0 saturated heterocycles. The molecule has 0 unspecified atom stereocenters. The molecule has 0 saturated carbocycles. The molecule has 0 aromatic carbocycles. The lowest BCUT2D eigenvalue weighted by atomic mass is 10.2. The number of carbonyl (C=O) groups excluding carboxylic acids is 1. The van der Waals surface area contributed by atoms with Crippen LogP contribution < -0.4 is 0 Å². The maximum Gasteiger partial charge on any atom is 0.253 e. The number of alkyl halides is 1. The second-order valence-electron chi connectivity index (χ2n) is 3.16. The van der Waals surface area contributed by atoms with Crippen molar-refractivity contribution in [2.24, 2.45) is 0 Å². The zero-order valence-electron chi connectivity index (χ0n) is 8.82. The number of carbonyl (C=O) groups is 1. The van der Waals surface area contributed by atoms with Crippen molar-refractivity contribution in [3.63, 3.8) is 0 Å². The molecule has 0 spiro atoms. The van der Waals surface area contributed by atoms with Gasteiger partial charge in [0.25, 0.3) is 5.91 Å². The number of hydrogen-bond acceptors (Lipinski definition) is 2. The smallest absolute Gasteiger partial charge is 0.253 e. The molecule has 3 nitrogen and oxygen atoms in total. The van der Waals surface area contributed by atoms with Crippen LogP contribution in [0, 0.1) is 0 Å². The molecule has 0 aliphatic heterocycles. The molecular formula is C11H15ClN2O. The van der Waals surface area contributed by atoms with Crippen LogP contribution in [0.5, 0.6) is 0 Å². The molecule has 15 heavy (non-hydrogen) atoms. The van der Waals surface area contributed by atoms with Gasteiger partial charge in [0.15, 0.2) is 0 Å². The van der Waals surface area contributed by atoms with E-state index in [1.165, 1.54) is 0 Å². The number of hydrogen-bond donors (Lipinski definition) is 0. The van der Waals surface area contributed by atoms with E-state index in [2.05, 4.69) is 4.98 Å². The Labute approximate surface area is 95.1 Å². The van der Waals surface area contributed by atoms with Gasteiger partial charge in [0.2, 0.25) is 0 Å². The highest BCUT2D eigenvalue weighted by molar-refractivity contribution is 6.17. The lowest BCUT2D eigenvalue weighted by molar-refractivity contribution is 0.0764. The van der Waals surface area contributed by atoms with Crippen molar-refractivity contribution < 1.29 is 4.79 Å². The molecule has 0 radical (unpaired) electrons. The zero-order chi connectivity index (χ0) is 11.1. The summed E-state index contributed by atoms with van der Waals surface area (Å²) >= 11 is 5.61. The normalized spacial score (nSPS) is 10.0. The Kier molecular flexibility index (Phi) is 5.12. The molecule has 1 rings (SSSR count). The SMILES string of the molecule is CCN(CCCCl)C(=O)c1ccncc1. The first-order valence-corrected chi connectivity index (χ1v) is 5.58. The van der Waals surface area contributed by atoms with Crippen LogP contribution in [0.25, 0.3) is 0 Å². The molecule has 0 aliphatic carbocycles. The van der Waals surface area contributed by atoms with Gasteiger partial charge in [-0.25, -0.2) is 0 Å². The van der Waals surface area contributed by atoms with Crippen molar-refractivity contribution in [1.82, 2.24) is 9.88 Å². The first-order valence-electron chi connectivity index (χ1n) is 5.04. The molecule has 0 atom stereocenters. The number of nitrogens with zero attached hydrogens (tertiary/aromatic N) is 2. The summed E-state index contributed by atoms with van der Waals surface area (Å²) in [6, 6.07) is 3.46. The van der Waals surface area contributed by atoms with Gasteiger partial charge < -0.3 is 4.90 Å². The standard InChI is InChI=1S/C11H15ClN2O/c1-2-14(9-3-6-12)11(15)10-4-7-13-8-5-10/h4-5,7-8H,2-3,6,9H2,1H3. The van der Waals surface area contributed by atoms with Gasteiger partial charge in [-0.05, 0) is 25.5 Å². The topological polar surface area (TPSA) is 33.2 Å². The third-order valence-corrected chi connectivity index (χ3v) is 2.43. The van der Waals surface area contributed by atoms with Crippen molar-refractivity contribution in [2.45, 2.75) is 13.3 Å². The van der Waals surface area contributed by atoms with E-state index in [-0.39, 0.29) is 5.91 Å². The van der Waals surface area contributed by atoms with Crippen molar-refractivity contribution in [1.29, 1.82) is 0 Å². The minimum absolute atomic E-state index is 0.0463. The number of pyridine rings is 1. The quantitative estimate of drug-likeness (QED) is 0.721. The number of rotatable bonds is 5.